The molecule has 3 rings (SSSR count). The van der Waals surface area contributed by atoms with Gasteiger partial charge in [-0.2, -0.15) is 0 Å². The van der Waals surface area contributed by atoms with Gasteiger partial charge in [0.05, 0.1) is 0 Å². The molecule has 144 valence electrons. The van der Waals surface area contributed by atoms with E-state index >= 15 is 0 Å². The lowest BCUT2D eigenvalue weighted by molar-refractivity contribution is -0.144. The van der Waals surface area contributed by atoms with Crippen molar-refractivity contribution in [1.82, 2.24) is 19.4 Å². The molecule has 0 bridgehead atoms. The number of hydrogen-bond acceptors (Lipinski definition) is 5. The Morgan fingerprint density at radius 2 is 2.12 bits per heavy atom. The van der Waals surface area contributed by atoms with Crippen LogP contribution in [0.3, 0.4) is 0 Å². The monoisotopic (exact) mass is 383 g/mol. The van der Waals surface area contributed by atoms with E-state index in [0.717, 1.165) is 19.3 Å². The first-order valence-electron chi connectivity index (χ1n) is 8.89. The van der Waals surface area contributed by atoms with Gasteiger partial charge in [-0.25, -0.2) is 9.78 Å². The average Bonchev–Trinajstić information content (AvgIpc) is 2.62. The number of nitrogens with two attached hydrogens (primary N) is 1. The van der Waals surface area contributed by atoms with Crippen LogP contribution in [0.2, 0.25) is 0 Å². The molecule has 1 aromatic heterocycles. The van der Waals surface area contributed by atoms with E-state index in [4.69, 9.17) is 5.73 Å². The van der Waals surface area contributed by atoms with Gasteiger partial charge in [0.15, 0.2) is 0 Å². The first kappa shape index (κ1) is 20.4. The summed E-state index contributed by atoms with van der Waals surface area (Å²) in [5, 5.41) is 0. The number of piperidine rings is 2. The molecule has 2 saturated heterocycles. The van der Waals surface area contributed by atoms with Crippen molar-refractivity contribution in [3.05, 3.63) is 28.9 Å². The van der Waals surface area contributed by atoms with Gasteiger partial charge < -0.3 is 15.5 Å². The zero-order chi connectivity index (χ0) is 17.8. The fraction of sp³-hybridized carbons (Fsp3) is 0.647. The Balaban J connectivity index is 0.00000243. The number of nitrogens with zero attached hydrogens (tertiary/aromatic N) is 4. The molecule has 0 aromatic carbocycles. The van der Waals surface area contributed by atoms with E-state index in [-0.39, 0.29) is 36.8 Å². The lowest BCUT2D eigenvalue weighted by atomic mass is 9.83. The van der Waals surface area contributed by atoms with E-state index in [0.29, 0.717) is 38.5 Å². The van der Waals surface area contributed by atoms with Gasteiger partial charge in [0, 0.05) is 44.5 Å². The highest BCUT2D eigenvalue weighted by atomic mass is 35.5. The molecule has 0 saturated carbocycles. The minimum atomic E-state index is -0.415. The van der Waals surface area contributed by atoms with Crippen LogP contribution in [-0.4, -0.2) is 63.4 Å². The fourth-order valence-corrected chi connectivity index (χ4v) is 3.88. The van der Waals surface area contributed by atoms with Crippen LogP contribution in [0.4, 0.5) is 0 Å². The number of carbonyl (C=O) groups is 2. The van der Waals surface area contributed by atoms with Crippen molar-refractivity contribution in [2.24, 2.45) is 11.7 Å². The summed E-state index contributed by atoms with van der Waals surface area (Å²) < 4.78 is 1.33. The molecule has 0 spiro atoms. The third kappa shape index (κ3) is 4.42. The van der Waals surface area contributed by atoms with Crippen LogP contribution in [0.15, 0.2) is 23.3 Å². The highest BCUT2D eigenvalue weighted by Crippen LogP contribution is 2.31. The van der Waals surface area contributed by atoms with Crippen molar-refractivity contribution in [2.75, 3.05) is 26.2 Å². The molecule has 0 aliphatic carbocycles. The molecule has 2 N–H and O–H groups in total. The van der Waals surface area contributed by atoms with Gasteiger partial charge in [-0.15, -0.1) is 12.4 Å². The second-order valence-corrected chi connectivity index (χ2v) is 6.75. The number of amides is 2. The second kappa shape index (κ2) is 9.14. The molecular weight excluding hydrogens is 358 g/mol. The van der Waals surface area contributed by atoms with Crippen LogP contribution < -0.4 is 11.4 Å². The van der Waals surface area contributed by atoms with Gasteiger partial charge >= 0.3 is 5.69 Å². The van der Waals surface area contributed by atoms with Gasteiger partial charge in [0.25, 0.3) is 0 Å². The Labute approximate surface area is 158 Å². The molecule has 1 aromatic rings. The minimum absolute atomic E-state index is 0. The zero-order valence-corrected chi connectivity index (χ0v) is 15.6. The number of fused-ring (bicyclic) bond motifs is 1. The number of likely N-dealkylation sites (tertiary alicyclic amines) is 2. The highest BCUT2D eigenvalue weighted by Gasteiger charge is 2.39. The van der Waals surface area contributed by atoms with Crippen LogP contribution in [0.1, 0.15) is 25.7 Å². The number of rotatable bonds is 5. The lowest BCUT2D eigenvalue weighted by Crippen LogP contribution is -2.57. The Hall–Kier alpha value is -1.93. The second-order valence-electron chi connectivity index (χ2n) is 6.75. The number of halogens is 1. The summed E-state index contributed by atoms with van der Waals surface area (Å²) >= 11 is 0. The Kier molecular flexibility index (Phi) is 7.16. The van der Waals surface area contributed by atoms with Crippen LogP contribution in [0, 0.1) is 5.92 Å². The number of aromatic nitrogens is 2. The van der Waals surface area contributed by atoms with E-state index in [1.165, 1.54) is 10.8 Å². The maximum absolute atomic E-state index is 12.6. The van der Waals surface area contributed by atoms with E-state index < -0.39 is 5.69 Å². The molecule has 2 aliphatic rings. The van der Waals surface area contributed by atoms with Crippen molar-refractivity contribution >= 4 is 24.2 Å². The fourth-order valence-electron chi connectivity index (χ4n) is 3.88. The predicted octanol–water partition coefficient (Wildman–Crippen LogP) is -0.147. The van der Waals surface area contributed by atoms with Crippen molar-refractivity contribution in [2.45, 2.75) is 38.3 Å². The van der Waals surface area contributed by atoms with Gasteiger partial charge in [-0.05, 0) is 37.8 Å². The molecular formula is C17H26ClN5O3. The van der Waals surface area contributed by atoms with Gasteiger partial charge in [0.1, 0.15) is 6.54 Å². The van der Waals surface area contributed by atoms with E-state index in [1.807, 2.05) is 9.80 Å². The highest BCUT2D eigenvalue weighted by molar-refractivity contribution is 5.85. The topological polar surface area (TPSA) is 102 Å². The van der Waals surface area contributed by atoms with Crippen LogP contribution in [-0.2, 0) is 16.1 Å². The standard InChI is InChI=1S/C17H25N5O3.ClH/c18-6-1-9-22-14-5-10-20(11-13(14)3-4-15(22)23)16(24)12-21-8-2-7-19-17(21)25;/h2,7-8,13-14H,1,3-6,9-12,18H2;1H/t13-,14+;/m0./s1. The molecule has 2 atom stereocenters. The summed E-state index contributed by atoms with van der Waals surface area (Å²) in [6.45, 7) is 2.55. The summed E-state index contributed by atoms with van der Waals surface area (Å²) in [6, 6.07) is 1.85. The van der Waals surface area contributed by atoms with Crippen LogP contribution >= 0.6 is 12.4 Å². The molecule has 9 heteroatoms. The summed E-state index contributed by atoms with van der Waals surface area (Å²) in [7, 11) is 0. The average molecular weight is 384 g/mol. The zero-order valence-electron chi connectivity index (χ0n) is 14.7. The van der Waals surface area contributed by atoms with Gasteiger partial charge in [0.2, 0.25) is 11.8 Å². The first-order chi connectivity index (χ1) is 12.1. The Bertz CT molecular complexity index is 695. The molecule has 0 unspecified atom stereocenters. The van der Waals surface area contributed by atoms with Crippen LogP contribution in [0.25, 0.3) is 0 Å². The Morgan fingerprint density at radius 1 is 1.31 bits per heavy atom. The third-order valence-corrected chi connectivity index (χ3v) is 5.19. The van der Waals surface area contributed by atoms with E-state index in [2.05, 4.69) is 4.98 Å². The molecule has 26 heavy (non-hydrogen) atoms. The number of hydrogen-bond donors (Lipinski definition) is 1. The molecule has 2 fully saturated rings. The summed E-state index contributed by atoms with van der Waals surface area (Å²) in [5.41, 5.74) is 5.17. The molecule has 0 radical (unpaired) electrons. The first-order valence-corrected chi connectivity index (χ1v) is 8.89. The normalized spacial score (nSPS) is 22.6. The minimum Gasteiger partial charge on any atom is -0.341 e. The summed E-state index contributed by atoms with van der Waals surface area (Å²) in [6.07, 6.45) is 5.95. The molecule has 2 aliphatic heterocycles. The van der Waals surface area contributed by atoms with E-state index in [1.54, 1.807) is 12.3 Å². The quantitative estimate of drug-likeness (QED) is 0.762. The summed E-state index contributed by atoms with van der Waals surface area (Å²) in [4.78, 5) is 43.9. The SMILES string of the molecule is Cl.NCCCN1C(=O)CC[C@H]2CN(C(=O)Cn3cccnc3=O)CC[C@H]21. The predicted molar refractivity (Wildman–Crippen MR) is 98.8 cm³/mol. The van der Waals surface area contributed by atoms with Crippen molar-refractivity contribution in [3.8, 4) is 0 Å². The lowest BCUT2D eigenvalue weighted by Gasteiger charge is -2.47. The Morgan fingerprint density at radius 3 is 2.85 bits per heavy atom. The smallest absolute Gasteiger partial charge is 0.341 e. The molecule has 2 amide bonds. The van der Waals surface area contributed by atoms with Gasteiger partial charge in [-0.1, -0.05) is 0 Å². The van der Waals surface area contributed by atoms with Crippen molar-refractivity contribution < 1.29 is 9.59 Å². The van der Waals surface area contributed by atoms with Crippen molar-refractivity contribution in [3.63, 3.8) is 0 Å². The summed E-state index contributed by atoms with van der Waals surface area (Å²) in [5.74, 6) is 0.439. The van der Waals surface area contributed by atoms with E-state index in [9.17, 15) is 14.4 Å². The molecule has 3 heterocycles. The van der Waals surface area contributed by atoms with Crippen molar-refractivity contribution in [1.29, 1.82) is 0 Å². The third-order valence-electron chi connectivity index (χ3n) is 5.19. The maximum Gasteiger partial charge on any atom is 0.347 e. The maximum atomic E-state index is 12.6. The number of carbonyl (C=O) groups excluding carboxylic acids is 2. The van der Waals surface area contributed by atoms with Crippen LogP contribution in [0.5, 0.6) is 0 Å². The molecule has 8 nitrogen and oxygen atoms in total. The van der Waals surface area contributed by atoms with Gasteiger partial charge in [-0.3, -0.25) is 14.2 Å². The largest absolute Gasteiger partial charge is 0.347 e.